The molecular weight excluding hydrogens is 493 g/mol. The maximum Gasteiger partial charge on any atom is 0.490 e. The number of rotatable bonds is 9. The molecule has 208 valence electrons. The molecule has 2 fully saturated rings. The summed E-state index contributed by atoms with van der Waals surface area (Å²) in [4.78, 5) is 40.9. The first-order valence-electron chi connectivity index (χ1n) is 12.6. The van der Waals surface area contributed by atoms with Crippen LogP contribution in [0.25, 0.3) is 0 Å². The van der Waals surface area contributed by atoms with E-state index in [0.29, 0.717) is 31.7 Å². The van der Waals surface area contributed by atoms with Gasteiger partial charge in [-0.1, -0.05) is 6.42 Å². The number of carbonyl (C=O) groups is 3. The number of piperidine rings is 1. The van der Waals surface area contributed by atoms with Gasteiger partial charge in [0.25, 0.3) is 5.91 Å². The van der Waals surface area contributed by atoms with Crippen LogP contribution in [0.1, 0.15) is 43.0 Å². The zero-order valence-corrected chi connectivity index (χ0v) is 21.3. The van der Waals surface area contributed by atoms with Crippen LogP contribution in [-0.2, 0) is 9.59 Å². The highest BCUT2D eigenvalue weighted by atomic mass is 19.4. The first-order chi connectivity index (χ1) is 17.6. The molecule has 0 aromatic heterocycles. The van der Waals surface area contributed by atoms with Gasteiger partial charge >= 0.3 is 12.1 Å². The lowest BCUT2D eigenvalue weighted by molar-refractivity contribution is -0.192. The van der Waals surface area contributed by atoms with E-state index in [-0.39, 0.29) is 11.8 Å². The monoisotopic (exact) mass is 530 g/mol. The number of hydrogen-bond acceptors (Lipinski definition) is 6. The number of aliphatic carboxylic acids is 1. The molecule has 0 spiro atoms. The predicted octanol–water partition coefficient (Wildman–Crippen LogP) is 2.47. The predicted molar refractivity (Wildman–Crippen MR) is 132 cm³/mol. The van der Waals surface area contributed by atoms with E-state index >= 15 is 0 Å². The highest BCUT2D eigenvalue weighted by Crippen LogP contribution is 2.15. The topological polar surface area (TPSA) is 102 Å². The number of ether oxygens (including phenoxy) is 1. The molecule has 2 aliphatic rings. The van der Waals surface area contributed by atoms with Crippen molar-refractivity contribution < 1.29 is 37.4 Å². The fourth-order valence-corrected chi connectivity index (χ4v) is 4.11. The highest BCUT2D eigenvalue weighted by Gasteiger charge is 2.38. The largest absolute Gasteiger partial charge is 0.494 e. The summed E-state index contributed by atoms with van der Waals surface area (Å²) in [5.41, 5.74) is 0.645. The molecular formula is C25H37F3N4O5. The Hall–Kier alpha value is -2.86. The van der Waals surface area contributed by atoms with Gasteiger partial charge in [-0.05, 0) is 57.1 Å². The lowest BCUT2D eigenvalue weighted by Crippen LogP contribution is -2.47. The summed E-state index contributed by atoms with van der Waals surface area (Å²) < 4.78 is 37.2. The number of nitrogens with one attached hydrogen (secondary N) is 1. The molecule has 2 N–H and O–H groups in total. The fourth-order valence-electron chi connectivity index (χ4n) is 4.11. The van der Waals surface area contributed by atoms with Crippen molar-refractivity contribution in [2.45, 2.75) is 38.8 Å². The maximum absolute atomic E-state index is 13.2. The molecule has 37 heavy (non-hydrogen) atoms. The van der Waals surface area contributed by atoms with Gasteiger partial charge in [-0.3, -0.25) is 9.59 Å². The number of amides is 2. The molecule has 9 nitrogen and oxygen atoms in total. The summed E-state index contributed by atoms with van der Waals surface area (Å²) in [5.74, 6) is -1.86. The third kappa shape index (κ3) is 11.0. The standard InChI is InChI=1S/C23H36N4O3.C2HF3O2/c1-2-30-21-8-6-20(7-9-21)23(29)27(19-18-25-13-4-3-5-14-25)15-10-22(28)26-16-11-24-12-17-26;3-2(4,5)1(6)7/h6-9,24H,2-5,10-19H2,1H3;(H,6,7). The second-order valence-electron chi connectivity index (χ2n) is 8.84. The highest BCUT2D eigenvalue weighted by molar-refractivity contribution is 5.94. The molecule has 2 saturated heterocycles. The van der Waals surface area contributed by atoms with E-state index in [1.807, 2.05) is 41.0 Å². The lowest BCUT2D eigenvalue weighted by Gasteiger charge is -2.31. The summed E-state index contributed by atoms with van der Waals surface area (Å²) in [6, 6.07) is 7.32. The van der Waals surface area contributed by atoms with Gasteiger partial charge in [0.2, 0.25) is 5.91 Å². The molecule has 1 aromatic rings. The van der Waals surface area contributed by atoms with Crippen LogP contribution < -0.4 is 10.1 Å². The van der Waals surface area contributed by atoms with Crippen molar-refractivity contribution in [3.05, 3.63) is 29.8 Å². The van der Waals surface area contributed by atoms with E-state index in [1.54, 1.807) is 0 Å². The molecule has 2 heterocycles. The minimum Gasteiger partial charge on any atom is -0.494 e. The number of carbonyl (C=O) groups excluding carboxylic acids is 2. The summed E-state index contributed by atoms with van der Waals surface area (Å²) in [6.45, 7) is 9.91. The first-order valence-corrected chi connectivity index (χ1v) is 12.6. The Morgan fingerprint density at radius 2 is 1.59 bits per heavy atom. The minimum absolute atomic E-state index is 0.0110. The second kappa shape index (κ2) is 15.4. The van der Waals surface area contributed by atoms with Crippen molar-refractivity contribution in [1.82, 2.24) is 20.0 Å². The number of benzene rings is 1. The number of piperazine rings is 1. The van der Waals surface area contributed by atoms with Gasteiger partial charge in [-0.2, -0.15) is 13.2 Å². The smallest absolute Gasteiger partial charge is 0.490 e. The SMILES string of the molecule is CCOc1ccc(C(=O)N(CCC(=O)N2CCNCC2)CCN2CCCCC2)cc1.O=C(O)C(F)(F)F. The van der Waals surface area contributed by atoms with Crippen LogP contribution in [0.15, 0.2) is 24.3 Å². The zero-order valence-electron chi connectivity index (χ0n) is 21.3. The van der Waals surface area contributed by atoms with E-state index in [1.165, 1.54) is 19.3 Å². The Balaban J connectivity index is 0.000000604. The van der Waals surface area contributed by atoms with Crippen LogP contribution in [0, 0.1) is 0 Å². The van der Waals surface area contributed by atoms with Crippen molar-refractivity contribution in [1.29, 1.82) is 0 Å². The Morgan fingerprint density at radius 3 is 2.14 bits per heavy atom. The molecule has 0 bridgehead atoms. The average molecular weight is 531 g/mol. The Bertz CT molecular complexity index is 855. The second-order valence-corrected chi connectivity index (χ2v) is 8.84. The molecule has 2 amide bonds. The summed E-state index contributed by atoms with van der Waals surface area (Å²) in [7, 11) is 0. The molecule has 0 unspecified atom stereocenters. The van der Waals surface area contributed by atoms with Gasteiger partial charge in [0.15, 0.2) is 0 Å². The number of likely N-dealkylation sites (tertiary alicyclic amines) is 1. The molecule has 0 aliphatic carbocycles. The van der Waals surface area contributed by atoms with Crippen LogP contribution >= 0.6 is 0 Å². The van der Waals surface area contributed by atoms with Crippen LogP contribution in [0.5, 0.6) is 5.75 Å². The molecule has 2 aliphatic heterocycles. The average Bonchev–Trinajstić information content (AvgIpc) is 2.90. The van der Waals surface area contributed by atoms with Crippen LogP contribution in [0.4, 0.5) is 13.2 Å². The van der Waals surface area contributed by atoms with Gasteiger partial charge in [0, 0.05) is 57.8 Å². The van der Waals surface area contributed by atoms with Crippen molar-refractivity contribution in [2.75, 3.05) is 65.5 Å². The van der Waals surface area contributed by atoms with E-state index in [9.17, 15) is 22.8 Å². The Morgan fingerprint density at radius 1 is 1.00 bits per heavy atom. The third-order valence-corrected chi connectivity index (χ3v) is 6.14. The van der Waals surface area contributed by atoms with E-state index in [0.717, 1.165) is 51.6 Å². The fraction of sp³-hybridized carbons (Fsp3) is 0.640. The third-order valence-electron chi connectivity index (χ3n) is 6.14. The van der Waals surface area contributed by atoms with Crippen molar-refractivity contribution >= 4 is 17.8 Å². The number of carboxylic acid groups (broad SMARTS) is 1. The van der Waals surface area contributed by atoms with E-state index < -0.39 is 12.1 Å². The van der Waals surface area contributed by atoms with Crippen LogP contribution in [0.3, 0.4) is 0 Å². The van der Waals surface area contributed by atoms with Crippen molar-refractivity contribution in [2.24, 2.45) is 0 Å². The van der Waals surface area contributed by atoms with Crippen LogP contribution in [0.2, 0.25) is 0 Å². The number of hydrogen-bond donors (Lipinski definition) is 2. The summed E-state index contributed by atoms with van der Waals surface area (Å²) in [5, 5.41) is 10.4. The molecule has 1 aromatic carbocycles. The first kappa shape index (κ1) is 30.4. The van der Waals surface area contributed by atoms with E-state index in [2.05, 4.69) is 10.2 Å². The molecule has 3 rings (SSSR count). The van der Waals surface area contributed by atoms with Gasteiger partial charge in [-0.25, -0.2) is 4.79 Å². The summed E-state index contributed by atoms with van der Waals surface area (Å²) in [6.07, 6.45) is -0.948. The Labute approximate surface area is 215 Å². The molecule has 0 atom stereocenters. The number of halogens is 3. The molecule has 12 heteroatoms. The normalized spacial score (nSPS) is 16.4. The van der Waals surface area contributed by atoms with Gasteiger partial charge < -0.3 is 29.9 Å². The van der Waals surface area contributed by atoms with Crippen molar-refractivity contribution in [3.8, 4) is 5.75 Å². The molecule has 0 saturated carbocycles. The maximum atomic E-state index is 13.2. The number of alkyl halides is 3. The van der Waals surface area contributed by atoms with Gasteiger partial charge in [0.05, 0.1) is 6.61 Å². The van der Waals surface area contributed by atoms with Gasteiger partial charge in [0.1, 0.15) is 5.75 Å². The van der Waals surface area contributed by atoms with Crippen LogP contribution in [-0.4, -0.2) is 109 Å². The van der Waals surface area contributed by atoms with E-state index in [4.69, 9.17) is 14.6 Å². The number of carboxylic acids is 1. The number of nitrogens with zero attached hydrogens (tertiary/aromatic N) is 3. The zero-order chi connectivity index (χ0) is 27.3. The molecule has 0 radical (unpaired) electrons. The summed E-state index contributed by atoms with van der Waals surface area (Å²) >= 11 is 0. The quantitative estimate of drug-likeness (QED) is 0.506. The Kier molecular flexibility index (Phi) is 12.6. The van der Waals surface area contributed by atoms with Gasteiger partial charge in [-0.15, -0.1) is 0 Å². The minimum atomic E-state index is -5.08. The van der Waals surface area contributed by atoms with Crippen molar-refractivity contribution in [3.63, 3.8) is 0 Å². The lowest BCUT2D eigenvalue weighted by atomic mass is 10.1.